The van der Waals surface area contributed by atoms with Crippen molar-refractivity contribution in [1.29, 1.82) is 0 Å². The summed E-state index contributed by atoms with van der Waals surface area (Å²) in [5.74, 6) is 0.0194. The molecule has 1 aliphatic rings. The summed E-state index contributed by atoms with van der Waals surface area (Å²) >= 11 is 6.13. The van der Waals surface area contributed by atoms with Crippen molar-refractivity contribution in [2.24, 2.45) is 0 Å². The zero-order chi connectivity index (χ0) is 16.2. The fourth-order valence-corrected chi connectivity index (χ4v) is 3.25. The average molecular weight is 329 g/mol. The number of amides is 1. The number of anilines is 2. The van der Waals surface area contributed by atoms with E-state index in [1.807, 2.05) is 30.3 Å². The lowest BCUT2D eigenvalue weighted by Gasteiger charge is -2.17. The molecule has 0 aliphatic carbocycles. The molecule has 1 aliphatic heterocycles. The molecule has 0 spiro atoms. The summed E-state index contributed by atoms with van der Waals surface area (Å²) in [6.45, 7) is 4.22. The lowest BCUT2D eigenvalue weighted by atomic mass is 10.1. The Kier molecular flexibility index (Phi) is 4.87. The number of rotatable bonds is 5. The number of hydrogen-bond acceptors (Lipinski definition) is 2. The summed E-state index contributed by atoms with van der Waals surface area (Å²) in [6.07, 6.45) is 2.17. The van der Waals surface area contributed by atoms with Crippen LogP contribution in [0.5, 0.6) is 0 Å². The lowest BCUT2D eigenvalue weighted by Crippen LogP contribution is -2.19. The highest BCUT2D eigenvalue weighted by Crippen LogP contribution is 2.30. The van der Waals surface area contributed by atoms with Crippen molar-refractivity contribution in [2.75, 3.05) is 23.3 Å². The number of carbonyl (C=O) groups excluding carboxylic acids is 1. The maximum Gasteiger partial charge on any atom is 0.224 e. The smallest absolute Gasteiger partial charge is 0.224 e. The molecule has 3 rings (SSSR count). The Hall–Kier alpha value is -2.00. The first-order chi connectivity index (χ1) is 11.2. The van der Waals surface area contributed by atoms with Crippen molar-refractivity contribution in [1.82, 2.24) is 0 Å². The van der Waals surface area contributed by atoms with Crippen LogP contribution in [0.2, 0.25) is 5.02 Å². The van der Waals surface area contributed by atoms with Crippen LogP contribution in [0.25, 0.3) is 0 Å². The van der Waals surface area contributed by atoms with Crippen LogP contribution in [0, 0.1) is 0 Å². The van der Waals surface area contributed by atoms with Gasteiger partial charge in [-0.05, 0) is 49.1 Å². The average Bonchev–Trinajstić information content (AvgIpc) is 2.96. The van der Waals surface area contributed by atoms with Crippen LogP contribution in [0.15, 0.2) is 42.5 Å². The van der Waals surface area contributed by atoms with Crippen molar-refractivity contribution in [3.05, 3.63) is 58.6 Å². The maximum absolute atomic E-state index is 12.2. The number of fused-ring (bicyclic) bond motifs is 1. The van der Waals surface area contributed by atoms with Gasteiger partial charge in [0.05, 0.1) is 0 Å². The van der Waals surface area contributed by atoms with E-state index in [-0.39, 0.29) is 5.91 Å². The second kappa shape index (κ2) is 7.05. The summed E-state index contributed by atoms with van der Waals surface area (Å²) in [6, 6.07) is 13.9. The lowest BCUT2D eigenvalue weighted by molar-refractivity contribution is -0.116. The number of likely N-dealkylation sites (N-methyl/N-ethyl adjacent to an activating group) is 1. The third-order valence-corrected chi connectivity index (χ3v) is 4.69. The molecule has 0 fully saturated rings. The number of benzene rings is 2. The summed E-state index contributed by atoms with van der Waals surface area (Å²) in [4.78, 5) is 14.5. The van der Waals surface area contributed by atoms with Gasteiger partial charge in [0.1, 0.15) is 0 Å². The molecule has 0 saturated carbocycles. The SMILES string of the molecule is CCN1CCc2ccc(NC(=O)CCc3ccccc3Cl)cc21. The Morgan fingerprint density at radius 1 is 1.26 bits per heavy atom. The van der Waals surface area contributed by atoms with E-state index in [1.165, 1.54) is 11.3 Å². The number of nitrogens with one attached hydrogen (secondary N) is 1. The Balaban J connectivity index is 1.61. The maximum atomic E-state index is 12.2. The Bertz CT molecular complexity index is 714. The molecule has 0 saturated heterocycles. The minimum Gasteiger partial charge on any atom is -0.371 e. The van der Waals surface area contributed by atoms with Crippen LogP contribution < -0.4 is 10.2 Å². The third kappa shape index (κ3) is 3.67. The molecule has 120 valence electrons. The summed E-state index contributed by atoms with van der Waals surface area (Å²) in [7, 11) is 0. The Labute approximate surface area is 142 Å². The number of carbonyl (C=O) groups is 1. The van der Waals surface area contributed by atoms with Gasteiger partial charge >= 0.3 is 0 Å². The normalized spacial score (nSPS) is 13.0. The van der Waals surface area contributed by atoms with E-state index in [2.05, 4.69) is 29.3 Å². The molecule has 1 amide bonds. The first-order valence-electron chi connectivity index (χ1n) is 8.08. The molecule has 0 bridgehead atoms. The zero-order valence-electron chi connectivity index (χ0n) is 13.3. The highest BCUT2D eigenvalue weighted by Gasteiger charge is 2.18. The molecule has 1 N–H and O–H groups in total. The molecule has 0 radical (unpaired) electrons. The number of aryl methyl sites for hydroxylation is 1. The molecule has 23 heavy (non-hydrogen) atoms. The fourth-order valence-electron chi connectivity index (χ4n) is 3.02. The van der Waals surface area contributed by atoms with E-state index in [1.54, 1.807) is 0 Å². The van der Waals surface area contributed by atoms with Crippen LogP contribution in [0.3, 0.4) is 0 Å². The van der Waals surface area contributed by atoms with Gasteiger partial charge in [0.15, 0.2) is 0 Å². The molecule has 0 atom stereocenters. The minimum absolute atomic E-state index is 0.0194. The molecular weight excluding hydrogens is 308 g/mol. The predicted octanol–water partition coefficient (Wildman–Crippen LogP) is 4.29. The largest absolute Gasteiger partial charge is 0.371 e. The first-order valence-corrected chi connectivity index (χ1v) is 8.46. The van der Waals surface area contributed by atoms with Crippen molar-refractivity contribution in [3.63, 3.8) is 0 Å². The van der Waals surface area contributed by atoms with Crippen LogP contribution >= 0.6 is 11.6 Å². The quantitative estimate of drug-likeness (QED) is 0.887. The highest BCUT2D eigenvalue weighted by atomic mass is 35.5. The molecule has 1 heterocycles. The van der Waals surface area contributed by atoms with Gasteiger partial charge in [0.25, 0.3) is 0 Å². The second-order valence-corrected chi connectivity index (χ2v) is 6.22. The fraction of sp³-hybridized carbons (Fsp3) is 0.316. The predicted molar refractivity (Wildman–Crippen MR) is 96.4 cm³/mol. The number of halogens is 1. The van der Waals surface area contributed by atoms with Crippen molar-refractivity contribution in [3.8, 4) is 0 Å². The number of hydrogen-bond donors (Lipinski definition) is 1. The van der Waals surface area contributed by atoms with Gasteiger partial charge in [-0.25, -0.2) is 0 Å². The van der Waals surface area contributed by atoms with Gasteiger partial charge < -0.3 is 10.2 Å². The molecule has 0 unspecified atom stereocenters. The minimum atomic E-state index is 0.0194. The van der Waals surface area contributed by atoms with E-state index < -0.39 is 0 Å². The third-order valence-electron chi connectivity index (χ3n) is 4.32. The molecule has 0 aromatic heterocycles. The van der Waals surface area contributed by atoms with Gasteiger partial charge in [-0.2, -0.15) is 0 Å². The second-order valence-electron chi connectivity index (χ2n) is 5.81. The van der Waals surface area contributed by atoms with Crippen LogP contribution in [-0.4, -0.2) is 19.0 Å². The number of nitrogens with zero attached hydrogens (tertiary/aromatic N) is 1. The summed E-state index contributed by atoms with van der Waals surface area (Å²) in [5, 5.41) is 3.72. The van der Waals surface area contributed by atoms with Crippen LogP contribution in [0.4, 0.5) is 11.4 Å². The topological polar surface area (TPSA) is 32.3 Å². The van der Waals surface area contributed by atoms with Gasteiger partial charge in [-0.3, -0.25) is 4.79 Å². The molecule has 2 aromatic carbocycles. The monoisotopic (exact) mass is 328 g/mol. The standard InChI is InChI=1S/C19H21ClN2O/c1-2-22-12-11-15-7-9-16(13-18(15)22)21-19(23)10-8-14-5-3-4-6-17(14)20/h3-7,9,13H,2,8,10-12H2,1H3,(H,21,23). The zero-order valence-corrected chi connectivity index (χ0v) is 14.1. The van der Waals surface area contributed by atoms with Crippen molar-refractivity contribution < 1.29 is 4.79 Å². The molecule has 4 heteroatoms. The highest BCUT2D eigenvalue weighted by molar-refractivity contribution is 6.31. The van der Waals surface area contributed by atoms with Gasteiger partial charge in [0, 0.05) is 35.9 Å². The van der Waals surface area contributed by atoms with Gasteiger partial charge in [0.2, 0.25) is 5.91 Å². The van der Waals surface area contributed by atoms with E-state index in [0.29, 0.717) is 12.8 Å². The molecular formula is C19H21ClN2O. The van der Waals surface area contributed by atoms with Crippen LogP contribution in [-0.2, 0) is 17.6 Å². The molecule has 3 nitrogen and oxygen atoms in total. The van der Waals surface area contributed by atoms with Crippen LogP contribution in [0.1, 0.15) is 24.5 Å². The summed E-state index contributed by atoms with van der Waals surface area (Å²) in [5.41, 5.74) is 4.49. The Morgan fingerprint density at radius 3 is 2.87 bits per heavy atom. The molecule has 2 aromatic rings. The van der Waals surface area contributed by atoms with E-state index >= 15 is 0 Å². The van der Waals surface area contributed by atoms with E-state index in [9.17, 15) is 4.79 Å². The first kappa shape index (κ1) is 15.9. The van der Waals surface area contributed by atoms with Crippen molar-refractivity contribution >= 4 is 28.9 Å². The van der Waals surface area contributed by atoms with E-state index in [4.69, 9.17) is 11.6 Å². The Morgan fingerprint density at radius 2 is 2.09 bits per heavy atom. The summed E-state index contributed by atoms with van der Waals surface area (Å²) < 4.78 is 0. The van der Waals surface area contributed by atoms with E-state index in [0.717, 1.165) is 35.8 Å². The van der Waals surface area contributed by atoms with Gasteiger partial charge in [-0.15, -0.1) is 0 Å². The van der Waals surface area contributed by atoms with Crippen molar-refractivity contribution in [2.45, 2.75) is 26.2 Å². The van der Waals surface area contributed by atoms with Gasteiger partial charge in [-0.1, -0.05) is 35.9 Å².